The van der Waals surface area contributed by atoms with Gasteiger partial charge in [0.05, 0.1) is 18.9 Å². The molecule has 0 bridgehead atoms. The van der Waals surface area contributed by atoms with E-state index in [-0.39, 0.29) is 18.2 Å². The van der Waals surface area contributed by atoms with Crippen LogP contribution >= 0.6 is 0 Å². The number of primary amides is 1. The van der Waals surface area contributed by atoms with Crippen LogP contribution in [0.25, 0.3) is 11.1 Å². The number of hydrogen-bond donors (Lipinski definition) is 1. The van der Waals surface area contributed by atoms with Crippen molar-refractivity contribution in [3.05, 3.63) is 90.0 Å². The van der Waals surface area contributed by atoms with Gasteiger partial charge < -0.3 is 15.4 Å². The Hall–Kier alpha value is -3.60. The number of rotatable bonds is 7. The van der Waals surface area contributed by atoms with Gasteiger partial charge in [-0.25, -0.2) is 0 Å². The van der Waals surface area contributed by atoms with Gasteiger partial charge in [0.25, 0.3) is 0 Å². The number of carbonyl (C=O) groups excluding carboxylic acids is 2. The van der Waals surface area contributed by atoms with Gasteiger partial charge in [-0.3, -0.25) is 9.59 Å². The predicted octanol–water partition coefficient (Wildman–Crippen LogP) is 3.85. The van der Waals surface area contributed by atoms with Crippen LogP contribution in [0.1, 0.15) is 17.5 Å². The monoisotopic (exact) mass is 428 g/mol. The minimum absolute atomic E-state index is 0.0195. The minimum Gasteiger partial charge on any atom is -0.496 e. The van der Waals surface area contributed by atoms with Gasteiger partial charge in [-0.2, -0.15) is 0 Å². The number of likely N-dealkylation sites (tertiary alicyclic amines) is 1. The van der Waals surface area contributed by atoms with Crippen LogP contribution in [0.2, 0.25) is 0 Å². The smallest absolute Gasteiger partial charge is 0.227 e. The first kappa shape index (κ1) is 21.6. The molecule has 1 heterocycles. The van der Waals surface area contributed by atoms with E-state index in [2.05, 4.69) is 18.2 Å². The van der Waals surface area contributed by atoms with Crippen molar-refractivity contribution < 1.29 is 14.3 Å². The van der Waals surface area contributed by atoms with E-state index in [1.165, 1.54) is 0 Å². The van der Waals surface area contributed by atoms with E-state index < -0.39 is 5.41 Å². The zero-order valence-corrected chi connectivity index (χ0v) is 18.3. The molecule has 0 aromatic heterocycles. The third-order valence-electron chi connectivity index (χ3n) is 6.39. The van der Waals surface area contributed by atoms with Crippen molar-refractivity contribution in [3.63, 3.8) is 0 Å². The number of methoxy groups -OCH3 is 1. The van der Waals surface area contributed by atoms with E-state index in [1.54, 1.807) is 12.0 Å². The normalized spacial score (nSPS) is 17.8. The van der Waals surface area contributed by atoms with Gasteiger partial charge in [-0.1, -0.05) is 72.8 Å². The van der Waals surface area contributed by atoms with Crippen molar-refractivity contribution in [3.8, 4) is 16.9 Å². The fraction of sp³-hybridized carbons (Fsp3) is 0.259. The Balaban J connectivity index is 1.55. The summed E-state index contributed by atoms with van der Waals surface area (Å²) in [4.78, 5) is 27.5. The number of ether oxygens (including phenoxy) is 1. The highest BCUT2D eigenvalue weighted by atomic mass is 16.5. The third kappa shape index (κ3) is 4.37. The van der Waals surface area contributed by atoms with Gasteiger partial charge in [0.15, 0.2) is 0 Å². The number of nitrogens with zero attached hydrogens (tertiary/aromatic N) is 1. The molecule has 1 aliphatic heterocycles. The first-order valence-electron chi connectivity index (χ1n) is 10.9. The van der Waals surface area contributed by atoms with Crippen molar-refractivity contribution in [1.29, 1.82) is 0 Å². The van der Waals surface area contributed by atoms with E-state index in [0.29, 0.717) is 31.7 Å². The summed E-state index contributed by atoms with van der Waals surface area (Å²) < 4.78 is 5.38. The standard InChI is InChI=1S/C27H28N2O3/c1-32-24-14-8-6-11-21(24)17-25(30)29-16-15-27(19-29,26(28)31)18-22-12-5-7-13-23(22)20-9-3-2-4-10-20/h2-14H,15-19H2,1H3,(H2,28,31)/t27-/m0/s1. The maximum atomic E-state index is 13.1. The number of benzene rings is 3. The maximum Gasteiger partial charge on any atom is 0.227 e. The summed E-state index contributed by atoms with van der Waals surface area (Å²) >= 11 is 0. The molecule has 3 aromatic carbocycles. The van der Waals surface area contributed by atoms with Crippen molar-refractivity contribution in [2.24, 2.45) is 11.1 Å². The first-order chi connectivity index (χ1) is 15.5. The van der Waals surface area contributed by atoms with Gasteiger partial charge in [0.2, 0.25) is 11.8 Å². The number of amides is 2. The number of nitrogens with two attached hydrogens (primary N) is 1. The second kappa shape index (κ2) is 9.27. The second-order valence-electron chi connectivity index (χ2n) is 8.40. The zero-order valence-electron chi connectivity index (χ0n) is 18.3. The van der Waals surface area contributed by atoms with E-state index in [4.69, 9.17) is 10.5 Å². The summed E-state index contributed by atoms with van der Waals surface area (Å²) in [6, 6.07) is 25.7. The van der Waals surface area contributed by atoms with E-state index in [0.717, 1.165) is 22.3 Å². The lowest BCUT2D eigenvalue weighted by molar-refractivity contribution is -0.131. The summed E-state index contributed by atoms with van der Waals surface area (Å²) in [6.07, 6.45) is 1.30. The van der Waals surface area contributed by atoms with Crippen molar-refractivity contribution in [2.45, 2.75) is 19.3 Å². The molecule has 2 amide bonds. The molecule has 0 unspecified atom stereocenters. The summed E-state index contributed by atoms with van der Waals surface area (Å²) in [5, 5.41) is 0. The highest BCUT2D eigenvalue weighted by Gasteiger charge is 2.45. The summed E-state index contributed by atoms with van der Waals surface area (Å²) in [5.74, 6) is 0.319. The van der Waals surface area contributed by atoms with Crippen LogP contribution in [0.15, 0.2) is 78.9 Å². The molecule has 3 aromatic rings. The molecule has 1 saturated heterocycles. The largest absolute Gasteiger partial charge is 0.496 e. The molecule has 5 nitrogen and oxygen atoms in total. The van der Waals surface area contributed by atoms with Crippen LogP contribution < -0.4 is 10.5 Å². The second-order valence-corrected chi connectivity index (χ2v) is 8.40. The van der Waals surface area contributed by atoms with Gasteiger partial charge in [-0.05, 0) is 35.6 Å². The van der Waals surface area contributed by atoms with Crippen molar-refractivity contribution in [2.75, 3.05) is 20.2 Å². The molecule has 164 valence electrons. The van der Waals surface area contributed by atoms with Crippen LogP contribution in [0.5, 0.6) is 5.75 Å². The van der Waals surface area contributed by atoms with Gasteiger partial charge in [0, 0.05) is 18.7 Å². The maximum absolute atomic E-state index is 13.1. The highest BCUT2D eigenvalue weighted by molar-refractivity contribution is 5.85. The number of hydrogen-bond acceptors (Lipinski definition) is 3. The number of para-hydroxylation sites is 1. The molecule has 4 rings (SSSR count). The molecular weight excluding hydrogens is 400 g/mol. The van der Waals surface area contributed by atoms with Crippen LogP contribution in [0.4, 0.5) is 0 Å². The Morgan fingerprint density at radius 1 is 0.938 bits per heavy atom. The van der Waals surface area contributed by atoms with Crippen LogP contribution in [-0.2, 0) is 22.4 Å². The molecule has 1 fully saturated rings. The fourth-order valence-corrected chi connectivity index (χ4v) is 4.58. The Morgan fingerprint density at radius 3 is 2.31 bits per heavy atom. The molecule has 0 saturated carbocycles. The molecule has 1 atom stereocenters. The van der Waals surface area contributed by atoms with Crippen LogP contribution in [0, 0.1) is 5.41 Å². The van der Waals surface area contributed by atoms with Gasteiger partial charge in [0.1, 0.15) is 5.75 Å². The van der Waals surface area contributed by atoms with Gasteiger partial charge >= 0.3 is 0 Å². The average molecular weight is 429 g/mol. The first-order valence-corrected chi connectivity index (χ1v) is 10.9. The lowest BCUT2D eigenvalue weighted by Gasteiger charge is -2.27. The Labute approximate surface area is 188 Å². The quantitative estimate of drug-likeness (QED) is 0.621. The molecule has 1 aliphatic rings. The minimum atomic E-state index is -0.776. The van der Waals surface area contributed by atoms with Crippen LogP contribution in [0.3, 0.4) is 0 Å². The Morgan fingerprint density at radius 2 is 1.59 bits per heavy atom. The molecule has 0 aliphatic carbocycles. The van der Waals surface area contributed by atoms with Crippen molar-refractivity contribution in [1.82, 2.24) is 4.90 Å². The highest BCUT2D eigenvalue weighted by Crippen LogP contribution is 2.37. The van der Waals surface area contributed by atoms with Gasteiger partial charge in [-0.15, -0.1) is 0 Å². The predicted molar refractivity (Wildman–Crippen MR) is 125 cm³/mol. The Bertz CT molecular complexity index is 1110. The average Bonchev–Trinajstić information content (AvgIpc) is 3.26. The van der Waals surface area contributed by atoms with Crippen molar-refractivity contribution >= 4 is 11.8 Å². The van der Waals surface area contributed by atoms with Crippen LogP contribution in [-0.4, -0.2) is 36.9 Å². The summed E-state index contributed by atoms with van der Waals surface area (Å²) in [6.45, 7) is 0.851. The molecular formula is C27H28N2O3. The molecule has 0 radical (unpaired) electrons. The topological polar surface area (TPSA) is 72.6 Å². The Kier molecular flexibility index (Phi) is 6.26. The molecule has 2 N–H and O–H groups in total. The summed E-state index contributed by atoms with van der Waals surface area (Å²) in [5.41, 5.74) is 9.25. The SMILES string of the molecule is COc1ccccc1CC(=O)N1CC[C@@](Cc2ccccc2-c2ccccc2)(C(N)=O)C1. The fourth-order valence-electron chi connectivity index (χ4n) is 4.58. The molecule has 32 heavy (non-hydrogen) atoms. The number of carbonyl (C=O) groups is 2. The third-order valence-corrected chi connectivity index (χ3v) is 6.39. The molecule has 0 spiro atoms. The van der Waals surface area contributed by atoms with E-state index >= 15 is 0 Å². The molecule has 5 heteroatoms. The summed E-state index contributed by atoms with van der Waals surface area (Å²) in [7, 11) is 1.60. The van der Waals surface area contributed by atoms with E-state index in [1.807, 2.05) is 60.7 Å². The van der Waals surface area contributed by atoms with E-state index in [9.17, 15) is 9.59 Å². The lowest BCUT2D eigenvalue weighted by atomic mass is 9.78. The zero-order chi connectivity index (χ0) is 22.6. The lowest BCUT2D eigenvalue weighted by Crippen LogP contribution is -2.43.